The van der Waals surface area contributed by atoms with E-state index in [2.05, 4.69) is 62.5 Å². The van der Waals surface area contributed by atoms with Gasteiger partial charge >= 0.3 is 0 Å². The molecule has 0 unspecified atom stereocenters. The zero-order valence-electron chi connectivity index (χ0n) is 17.4. The van der Waals surface area contributed by atoms with Crippen molar-refractivity contribution in [2.75, 3.05) is 24.7 Å². The van der Waals surface area contributed by atoms with Crippen molar-refractivity contribution in [2.24, 2.45) is 5.92 Å². The van der Waals surface area contributed by atoms with Crippen LogP contribution in [0.1, 0.15) is 20.8 Å². The summed E-state index contributed by atoms with van der Waals surface area (Å²) >= 11 is 1.84. The Labute approximate surface area is 177 Å². The number of methoxy groups -OCH3 is 1. The van der Waals surface area contributed by atoms with Gasteiger partial charge in [0.1, 0.15) is 5.82 Å². The maximum Gasteiger partial charge on any atom is 0.161 e. The molecule has 5 heteroatoms. The molecule has 0 saturated heterocycles. The van der Waals surface area contributed by atoms with Crippen LogP contribution in [0, 0.1) is 5.92 Å². The van der Waals surface area contributed by atoms with Gasteiger partial charge in [-0.3, -0.25) is 0 Å². The summed E-state index contributed by atoms with van der Waals surface area (Å²) in [5.74, 6) is 2.97. The Bertz CT molecular complexity index is 956. The van der Waals surface area contributed by atoms with Crippen molar-refractivity contribution in [3.63, 3.8) is 0 Å². The minimum absolute atomic E-state index is 0.120. The lowest BCUT2D eigenvalue weighted by molar-refractivity contribution is 0.373. The van der Waals surface area contributed by atoms with Gasteiger partial charge in [-0.15, -0.1) is 11.8 Å². The van der Waals surface area contributed by atoms with E-state index in [9.17, 15) is 5.11 Å². The minimum atomic E-state index is 0.120. The largest absolute Gasteiger partial charge is 0.504 e. The highest BCUT2D eigenvalue weighted by molar-refractivity contribution is 7.99. The van der Waals surface area contributed by atoms with E-state index in [1.165, 1.54) is 4.90 Å². The van der Waals surface area contributed by atoms with Crippen molar-refractivity contribution in [3.8, 4) is 33.9 Å². The molecule has 0 aliphatic carbocycles. The number of pyridine rings is 1. The van der Waals surface area contributed by atoms with Gasteiger partial charge in [0.05, 0.1) is 12.8 Å². The molecule has 1 aromatic heterocycles. The first-order valence-electron chi connectivity index (χ1n) is 9.86. The molecule has 3 rings (SSSR count). The molecule has 0 aliphatic rings. The van der Waals surface area contributed by atoms with E-state index in [-0.39, 0.29) is 5.75 Å². The zero-order chi connectivity index (χ0) is 20.8. The topological polar surface area (TPSA) is 54.4 Å². The van der Waals surface area contributed by atoms with Gasteiger partial charge in [-0.05, 0) is 65.3 Å². The Kier molecular flexibility index (Phi) is 7.04. The van der Waals surface area contributed by atoms with Gasteiger partial charge in [-0.25, -0.2) is 4.98 Å². The highest BCUT2D eigenvalue weighted by atomic mass is 32.2. The minimum Gasteiger partial charge on any atom is -0.504 e. The van der Waals surface area contributed by atoms with Crippen LogP contribution in [0.15, 0.2) is 59.5 Å². The van der Waals surface area contributed by atoms with Crippen LogP contribution >= 0.6 is 11.8 Å². The zero-order valence-corrected chi connectivity index (χ0v) is 18.2. The highest BCUT2D eigenvalue weighted by Gasteiger charge is 2.10. The standard InChI is InChI=1S/C24H28N2O2S/c1-5-29-20-9-6-17(7-10-20)19-12-21(26-24(14-19)25-15-16(2)3)18-8-11-22(27)23(13-18)28-4/h6-14,16,27H,5,15H2,1-4H3,(H,25,26). The quantitative estimate of drug-likeness (QED) is 0.428. The van der Waals surface area contributed by atoms with Crippen LogP contribution in [0.2, 0.25) is 0 Å². The number of rotatable bonds is 8. The molecule has 0 bridgehead atoms. The second-order valence-corrected chi connectivity index (χ2v) is 8.58. The molecule has 3 aromatic rings. The van der Waals surface area contributed by atoms with Crippen molar-refractivity contribution in [2.45, 2.75) is 25.7 Å². The summed E-state index contributed by atoms with van der Waals surface area (Å²) in [4.78, 5) is 6.07. The number of phenolic OH excluding ortho intramolecular Hbond substituents is 1. The Morgan fingerprint density at radius 2 is 1.72 bits per heavy atom. The maximum absolute atomic E-state index is 9.92. The van der Waals surface area contributed by atoms with Crippen molar-refractivity contribution >= 4 is 17.6 Å². The third-order valence-corrected chi connectivity index (χ3v) is 5.39. The molecule has 0 radical (unpaired) electrons. The molecule has 2 N–H and O–H groups in total. The number of ether oxygens (including phenoxy) is 1. The number of aromatic hydroxyl groups is 1. The van der Waals surface area contributed by atoms with E-state index >= 15 is 0 Å². The first-order chi connectivity index (χ1) is 14.0. The average Bonchev–Trinajstić information content (AvgIpc) is 2.73. The molecular formula is C24H28N2O2S. The van der Waals surface area contributed by atoms with Gasteiger partial charge in [0.15, 0.2) is 11.5 Å². The van der Waals surface area contributed by atoms with E-state index in [4.69, 9.17) is 9.72 Å². The third kappa shape index (κ3) is 5.45. The lowest BCUT2D eigenvalue weighted by atomic mass is 10.0. The van der Waals surface area contributed by atoms with Crippen LogP contribution in [0.3, 0.4) is 0 Å². The summed E-state index contributed by atoms with van der Waals surface area (Å²) in [5.41, 5.74) is 3.97. The summed E-state index contributed by atoms with van der Waals surface area (Å²) in [6.07, 6.45) is 0. The molecule has 0 fully saturated rings. The monoisotopic (exact) mass is 408 g/mol. The van der Waals surface area contributed by atoms with Gasteiger partial charge in [0.25, 0.3) is 0 Å². The second kappa shape index (κ2) is 9.70. The van der Waals surface area contributed by atoms with Gasteiger partial charge < -0.3 is 15.2 Å². The Hall–Kier alpha value is -2.66. The van der Waals surface area contributed by atoms with E-state index in [1.54, 1.807) is 13.2 Å². The van der Waals surface area contributed by atoms with Crippen LogP contribution in [0.25, 0.3) is 22.4 Å². The maximum atomic E-state index is 9.92. The lowest BCUT2D eigenvalue weighted by Gasteiger charge is -2.14. The molecule has 0 aliphatic heterocycles. The number of aromatic nitrogens is 1. The summed E-state index contributed by atoms with van der Waals surface area (Å²) in [6.45, 7) is 7.35. The Morgan fingerprint density at radius 1 is 1.00 bits per heavy atom. The lowest BCUT2D eigenvalue weighted by Crippen LogP contribution is -2.09. The van der Waals surface area contributed by atoms with Crippen molar-refractivity contribution in [1.29, 1.82) is 0 Å². The van der Waals surface area contributed by atoms with E-state index in [1.807, 2.05) is 23.9 Å². The Morgan fingerprint density at radius 3 is 2.38 bits per heavy atom. The number of phenols is 1. The molecule has 0 amide bonds. The molecular weight excluding hydrogens is 380 g/mol. The first-order valence-corrected chi connectivity index (χ1v) is 10.8. The molecule has 1 heterocycles. The van der Waals surface area contributed by atoms with Crippen LogP contribution in [-0.2, 0) is 0 Å². The van der Waals surface area contributed by atoms with Crippen LogP contribution in [0.5, 0.6) is 11.5 Å². The van der Waals surface area contributed by atoms with Gasteiger partial charge in [-0.1, -0.05) is 32.9 Å². The molecule has 29 heavy (non-hydrogen) atoms. The molecule has 4 nitrogen and oxygen atoms in total. The number of thioether (sulfide) groups is 1. The van der Waals surface area contributed by atoms with Crippen molar-refractivity contribution < 1.29 is 9.84 Å². The molecule has 152 valence electrons. The Balaban J connectivity index is 2.03. The van der Waals surface area contributed by atoms with Gasteiger partial charge in [-0.2, -0.15) is 0 Å². The van der Waals surface area contributed by atoms with Crippen LogP contribution < -0.4 is 10.1 Å². The number of benzene rings is 2. The van der Waals surface area contributed by atoms with Crippen LogP contribution in [-0.4, -0.2) is 29.5 Å². The molecule has 2 aromatic carbocycles. The molecule has 0 atom stereocenters. The molecule has 0 saturated carbocycles. The fourth-order valence-electron chi connectivity index (χ4n) is 2.99. The third-order valence-electron chi connectivity index (χ3n) is 4.49. The van der Waals surface area contributed by atoms with Gasteiger partial charge in [0.2, 0.25) is 0 Å². The fraction of sp³-hybridized carbons (Fsp3) is 0.292. The number of nitrogens with one attached hydrogen (secondary N) is 1. The van der Waals surface area contributed by atoms with E-state index in [0.717, 1.165) is 40.5 Å². The first kappa shape index (κ1) is 21.1. The number of hydrogen-bond donors (Lipinski definition) is 2. The summed E-state index contributed by atoms with van der Waals surface area (Å²) in [6, 6.07) is 18.1. The predicted molar refractivity (Wildman–Crippen MR) is 123 cm³/mol. The number of nitrogens with zero attached hydrogens (tertiary/aromatic N) is 1. The highest BCUT2D eigenvalue weighted by Crippen LogP contribution is 2.34. The normalized spacial score (nSPS) is 10.9. The summed E-state index contributed by atoms with van der Waals surface area (Å²) in [5, 5.41) is 13.4. The van der Waals surface area contributed by atoms with E-state index in [0.29, 0.717) is 11.7 Å². The smallest absolute Gasteiger partial charge is 0.161 e. The molecule has 0 spiro atoms. The SMILES string of the molecule is CCSc1ccc(-c2cc(NCC(C)C)nc(-c3ccc(O)c(OC)c3)c2)cc1. The van der Waals surface area contributed by atoms with E-state index < -0.39 is 0 Å². The number of anilines is 1. The fourth-order valence-corrected chi connectivity index (χ4v) is 3.65. The predicted octanol–water partition coefficient (Wildman–Crippen LogP) is 6.31. The van der Waals surface area contributed by atoms with Crippen molar-refractivity contribution in [3.05, 3.63) is 54.6 Å². The van der Waals surface area contributed by atoms with Crippen LogP contribution in [0.4, 0.5) is 5.82 Å². The number of hydrogen-bond acceptors (Lipinski definition) is 5. The summed E-state index contributed by atoms with van der Waals surface area (Å²) < 4.78 is 5.27. The second-order valence-electron chi connectivity index (χ2n) is 7.25. The van der Waals surface area contributed by atoms with Gasteiger partial charge in [0, 0.05) is 17.0 Å². The summed E-state index contributed by atoms with van der Waals surface area (Å²) in [7, 11) is 1.55. The van der Waals surface area contributed by atoms with Crippen molar-refractivity contribution in [1.82, 2.24) is 4.98 Å². The average molecular weight is 409 g/mol.